The lowest BCUT2D eigenvalue weighted by atomic mass is 10.1. The van der Waals surface area contributed by atoms with Crippen molar-refractivity contribution in [2.75, 3.05) is 31.8 Å². The van der Waals surface area contributed by atoms with Crippen LogP contribution in [-0.2, 0) is 10.0 Å². The molecule has 1 aromatic carbocycles. The van der Waals surface area contributed by atoms with Crippen molar-refractivity contribution in [2.45, 2.75) is 25.8 Å². The van der Waals surface area contributed by atoms with E-state index in [1.54, 1.807) is 13.2 Å². The van der Waals surface area contributed by atoms with Gasteiger partial charge in [-0.25, -0.2) is 17.5 Å². The molecule has 23 heavy (non-hydrogen) atoms. The molecule has 1 saturated heterocycles. The van der Waals surface area contributed by atoms with Crippen LogP contribution in [-0.4, -0.2) is 51.3 Å². The van der Waals surface area contributed by atoms with E-state index in [1.807, 2.05) is 19.1 Å². The third-order valence-corrected chi connectivity index (χ3v) is 5.06. The summed E-state index contributed by atoms with van der Waals surface area (Å²) in [4.78, 5) is 12.2. The van der Waals surface area contributed by atoms with Gasteiger partial charge in [0.2, 0.25) is 10.0 Å². The van der Waals surface area contributed by atoms with Crippen LogP contribution in [0.4, 0.5) is 10.5 Å². The van der Waals surface area contributed by atoms with Crippen LogP contribution in [0.25, 0.3) is 0 Å². The molecule has 1 heterocycles. The van der Waals surface area contributed by atoms with Crippen molar-refractivity contribution in [3.63, 3.8) is 0 Å². The Labute approximate surface area is 137 Å². The molecule has 1 aliphatic heterocycles. The minimum absolute atomic E-state index is 0.200. The molecule has 128 valence electrons. The highest BCUT2D eigenvalue weighted by Gasteiger charge is 2.26. The van der Waals surface area contributed by atoms with Crippen molar-refractivity contribution in [1.82, 2.24) is 9.62 Å². The second-order valence-corrected chi connectivity index (χ2v) is 7.74. The fourth-order valence-corrected chi connectivity index (χ4v) is 3.54. The number of anilines is 1. The van der Waals surface area contributed by atoms with Gasteiger partial charge in [-0.3, -0.25) is 0 Å². The Morgan fingerprint density at radius 3 is 2.78 bits per heavy atom. The van der Waals surface area contributed by atoms with Crippen LogP contribution in [0, 0.1) is 6.92 Å². The number of methoxy groups -OCH3 is 1. The zero-order valence-electron chi connectivity index (χ0n) is 13.6. The van der Waals surface area contributed by atoms with Gasteiger partial charge in [-0.05, 0) is 37.5 Å². The summed E-state index contributed by atoms with van der Waals surface area (Å²) in [6, 6.07) is 4.94. The maximum absolute atomic E-state index is 12.2. The van der Waals surface area contributed by atoms with Crippen molar-refractivity contribution in [2.24, 2.45) is 0 Å². The number of hydrogen-bond acceptors (Lipinski definition) is 4. The molecule has 2 rings (SSSR count). The number of piperidine rings is 1. The van der Waals surface area contributed by atoms with E-state index in [0.29, 0.717) is 24.5 Å². The number of hydrogen-bond donors (Lipinski definition) is 2. The number of nitrogens with zero attached hydrogens (tertiary/aromatic N) is 1. The molecule has 0 spiro atoms. The molecule has 1 atom stereocenters. The number of carbonyl (C=O) groups is 1. The monoisotopic (exact) mass is 341 g/mol. The zero-order valence-corrected chi connectivity index (χ0v) is 14.4. The van der Waals surface area contributed by atoms with Gasteiger partial charge in [-0.15, -0.1) is 0 Å². The first-order valence-electron chi connectivity index (χ1n) is 7.47. The molecular weight excluding hydrogens is 318 g/mol. The minimum Gasteiger partial charge on any atom is -0.495 e. The molecule has 1 aliphatic rings. The third-order valence-electron chi connectivity index (χ3n) is 3.79. The Kier molecular flexibility index (Phi) is 5.48. The van der Waals surface area contributed by atoms with E-state index in [4.69, 9.17) is 4.74 Å². The maximum Gasteiger partial charge on any atom is 0.319 e. The fourth-order valence-electron chi connectivity index (χ4n) is 2.62. The first-order valence-corrected chi connectivity index (χ1v) is 9.31. The number of urea groups is 1. The lowest BCUT2D eigenvalue weighted by Gasteiger charge is -2.31. The van der Waals surface area contributed by atoms with Gasteiger partial charge in [0, 0.05) is 19.1 Å². The molecule has 2 N–H and O–H groups in total. The summed E-state index contributed by atoms with van der Waals surface area (Å²) in [6.07, 6.45) is 2.67. The van der Waals surface area contributed by atoms with Gasteiger partial charge in [-0.2, -0.15) is 0 Å². The second kappa shape index (κ2) is 7.18. The van der Waals surface area contributed by atoms with Crippen molar-refractivity contribution < 1.29 is 17.9 Å². The summed E-state index contributed by atoms with van der Waals surface area (Å²) in [7, 11) is -1.69. The van der Waals surface area contributed by atoms with Gasteiger partial charge in [0.15, 0.2) is 0 Å². The van der Waals surface area contributed by atoms with Gasteiger partial charge in [0.25, 0.3) is 0 Å². The summed E-state index contributed by atoms with van der Waals surface area (Å²) in [5.74, 6) is 0.576. The smallest absolute Gasteiger partial charge is 0.319 e. The largest absolute Gasteiger partial charge is 0.495 e. The highest BCUT2D eigenvalue weighted by molar-refractivity contribution is 7.88. The topological polar surface area (TPSA) is 87.7 Å². The molecule has 0 bridgehead atoms. The molecule has 0 unspecified atom stereocenters. The van der Waals surface area contributed by atoms with Crippen LogP contribution in [0.5, 0.6) is 5.75 Å². The van der Waals surface area contributed by atoms with Crippen LogP contribution in [0.15, 0.2) is 18.2 Å². The average molecular weight is 341 g/mol. The summed E-state index contributed by atoms with van der Waals surface area (Å²) >= 11 is 0. The molecule has 8 heteroatoms. The number of rotatable bonds is 4. The molecule has 0 radical (unpaired) electrons. The Morgan fingerprint density at radius 1 is 1.39 bits per heavy atom. The van der Waals surface area contributed by atoms with Crippen LogP contribution in [0.2, 0.25) is 0 Å². The van der Waals surface area contributed by atoms with E-state index in [1.165, 1.54) is 10.6 Å². The molecule has 1 aromatic rings. The predicted molar refractivity (Wildman–Crippen MR) is 89.3 cm³/mol. The quantitative estimate of drug-likeness (QED) is 0.870. The molecule has 0 aliphatic carbocycles. The number of amides is 2. The zero-order chi connectivity index (χ0) is 17.0. The molecule has 0 aromatic heterocycles. The summed E-state index contributed by atoms with van der Waals surface area (Å²) in [5, 5.41) is 5.59. The van der Waals surface area contributed by atoms with Gasteiger partial charge in [0.1, 0.15) is 5.75 Å². The molecule has 1 fully saturated rings. The van der Waals surface area contributed by atoms with Crippen LogP contribution in [0.1, 0.15) is 18.4 Å². The van der Waals surface area contributed by atoms with Crippen LogP contribution in [0.3, 0.4) is 0 Å². The standard InChI is InChI=1S/C15H23N3O4S/c1-11-6-7-14(22-2)13(9-11)17-15(19)16-12-5-4-8-18(10-12)23(3,20)21/h6-7,9,12H,4-5,8,10H2,1-3H3,(H2,16,17,19)/t12-/m0/s1. The molecule has 0 saturated carbocycles. The number of ether oxygens (including phenoxy) is 1. The first-order chi connectivity index (χ1) is 10.8. The number of carbonyl (C=O) groups excluding carboxylic acids is 1. The van der Waals surface area contributed by atoms with Crippen molar-refractivity contribution in [1.29, 1.82) is 0 Å². The summed E-state index contributed by atoms with van der Waals surface area (Å²) in [5.41, 5.74) is 1.59. The van der Waals surface area contributed by atoms with Crippen LogP contribution >= 0.6 is 0 Å². The van der Waals surface area contributed by atoms with E-state index < -0.39 is 10.0 Å². The lowest BCUT2D eigenvalue weighted by Crippen LogP contribution is -2.50. The number of aryl methyl sites for hydroxylation is 1. The van der Waals surface area contributed by atoms with E-state index >= 15 is 0 Å². The van der Waals surface area contributed by atoms with Gasteiger partial charge < -0.3 is 15.4 Å². The van der Waals surface area contributed by atoms with Crippen molar-refractivity contribution >= 4 is 21.7 Å². The fraction of sp³-hybridized carbons (Fsp3) is 0.533. The summed E-state index contributed by atoms with van der Waals surface area (Å²) in [6.45, 7) is 2.73. The Morgan fingerprint density at radius 2 is 2.13 bits per heavy atom. The number of nitrogens with one attached hydrogen (secondary N) is 2. The highest BCUT2D eigenvalue weighted by atomic mass is 32.2. The maximum atomic E-state index is 12.2. The third kappa shape index (κ3) is 4.84. The van der Waals surface area contributed by atoms with E-state index in [0.717, 1.165) is 18.4 Å². The minimum atomic E-state index is -3.23. The number of benzene rings is 1. The molecular formula is C15H23N3O4S. The van der Waals surface area contributed by atoms with Crippen molar-refractivity contribution in [3.05, 3.63) is 23.8 Å². The average Bonchev–Trinajstić information content (AvgIpc) is 2.46. The predicted octanol–water partition coefficient (Wildman–Crippen LogP) is 1.55. The SMILES string of the molecule is COc1ccc(C)cc1NC(=O)N[C@H]1CCCN(S(C)(=O)=O)C1. The lowest BCUT2D eigenvalue weighted by molar-refractivity contribution is 0.236. The van der Waals surface area contributed by atoms with Crippen molar-refractivity contribution in [3.8, 4) is 5.75 Å². The normalized spacial score (nSPS) is 19.2. The van der Waals surface area contributed by atoms with Gasteiger partial charge in [-0.1, -0.05) is 6.07 Å². The first kappa shape index (κ1) is 17.6. The highest BCUT2D eigenvalue weighted by Crippen LogP contribution is 2.25. The Balaban J connectivity index is 1.98. The van der Waals surface area contributed by atoms with E-state index in [2.05, 4.69) is 10.6 Å². The second-order valence-electron chi connectivity index (χ2n) is 5.76. The summed E-state index contributed by atoms with van der Waals surface area (Å²) < 4.78 is 29.8. The van der Waals surface area contributed by atoms with Gasteiger partial charge in [0.05, 0.1) is 19.1 Å². The Hall–Kier alpha value is -1.80. The van der Waals surface area contributed by atoms with E-state index in [-0.39, 0.29) is 12.1 Å². The van der Waals surface area contributed by atoms with Gasteiger partial charge >= 0.3 is 6.03 Å². The van der Waals surface area contributed by atoms with Crippen LogP contribution < -0.4 is 15.4 Å². The molecule has 7 nitrogen and oxygen atoms in total. The molecule has 2 amide bonds. The van der Waals surface area contributed by atoms with E-state index in [9.17, 15) is 13.2 Å². The Bertz CT molecular complexity index is 675. The number of sulfonamides is 1.